The first kappa shape index (κ1) is 29.1. The summed E-state index contributed by atoms with van der Waals surface area (Å²) in [5.41, 5.74) is 7.74. The van der Waals surface area contributed by atoms with Crippen LogP contribution >= 0.6 is 0 Å². The van der Waals surface area contributed by atoms with Crippen LogP contribution < -0.4 is 0 Å². The molecule has 3 aromatic carbocycles. The summed E-state index contributed by atoms with van der Waals surface area (Å²) in [6, 6.07) is 33.7. The highest BCUT2D eigenvalue weighted by Crippen LogP contribution is 2.40. The van der Waals surface area contributed by atoms with Gasteiger partial charge in [-0.2, -0.15) is 5.10 Å². The van der Waals surface area contributed by atoms with Gasteiger partial charge in [-0.15, -0.1) is 0 Å². The summed E-state index contributed by atoms with van der Waals surface area (Å²) in [6.07, 6.45) is 3.98. The maximum absolute atomic E-state index is 6.52. The molecule has 6 heteroatoms. The van der Waals surface area contributed by atoms with Crippen LogP contribution in [0.15, 0.2) is 97.1 Å². The van der Waals surface area contributed by atoms with Gasteiger partial charge in [-0.1, -0.05) is 111 Å². The van der Waals surface area contributed by atoms with Crippen LogP contribution in [0.3, 0.4) is 0 Å². The number of aromatic nitrogens is 4. The lowest BCUT2D eigenvalue weighted by Gasteiger charge is -2.37. The van der Waals surface area contributed by atoms with E-state index in [1.165, 1.54) is 17.7 Å². The predicted molar refractivity (Wildman–Crippen MR) is 172 cm³/mol. The Labute approximate surface area is 255 Å². The molecule has 5 aromatic rings. The number of rotatable bonds is 11. The molecular formula is C37H42N4O2. The van der Waals surface area contributed by atoms with Gasteiger partial charge in [0, 0.05) is 35.3 Å². The van der Waals surface area contributed by atoms with Gasteiger partial charge in [-0.25, -0.2) is 4.98 Å². The molecule has 43 heavy (non-hydrogen) atoms. The Morgan fingerprint density at radius 2 is 1.42 bits per heavy atom. The summed E-state index contributed by atoms with van der Waals surface area (Å²) in [5.74, 6) is 0.813. The minimum absolute atomic E-state index is 0.0178. The molecule has 2 aromatic heterocycles. The first-order chi connectivity index (χ1) is 21.0. The van der Waals surface area contributed by atoms with Crippen LogP contribution in [0.1, 0.15) is 61.7 Å². The summed E-state index contributed by atoms with van der Waals surface area (Å²) < 4.78 is 17.5. The third-order valence-corrected chi connectivity index (χ3v) is 8.41. The molecule has 0 saturated carbocycles. The molecule has 0 spiro atoms. The Morgan fingerprint density at radius 3 is 2.05 bits per heavy atom. The first-order valence-electron chi connectivity index (χ1n) is 15.5. The summed E-state index contributed by atoms with van der Waals surface area (Å²) in [4.78, 5) is 5.25. The van der Waals surface area contributed by atoms with Crippen LogP contribution in [0.2, 0.25) is 0 Å². The maximum atomic E-state index is 6.52. The molecule has 6 nitrogen and oxygen atoms in total. The zero-order valence-corrected chi connectivity index (χ0v) is 25.6. The second-order valence-electron chi connectivity index (χ2n) is 12.2. The van der Waals surface area contributed by atoms with E-state index in [4.69, 9.17) is 14.5 Å². The number of benzene rings is 3. The fraction of sp³-hybridized carbons (Fsp3) is 0.351. The van der Waals surface area contributed by atoms with E-state index < -0.39 is 6.29 Å². The molecule has 1 fully saturated rings. The molecule has 0 aliphatic carbocycles. The molecule has 0 unspecified atom stereocenters. The van der Waals surface area contributed by atoms with Crippen molar-refractivity contribution in [3.63, 3.8) is 0 Å². The standard InChI is InChI=1S/C37H42N4O2/c1-28-24-29(2)41(39-28)23-15-7-14-22-37(3)26-42-36(43-27-37)35-38-33(31-18-10-5-11-19-31)34(32-20-12-6-13-21-32)40(35)25-30-16-8-4-9-17-30/h4-6,8-13,16-21,24,36H,7,14-15,22-23,25-27H2,1-3H3/t36-,37+. The van der Waals surface area contributed by atoms with Crippen LogP contribution in [0.25, 0.3) is 22.5 Å². The molecule has 1 aliphatic heterocycles. The Morgan fingerprint density at radius 1 is 0.791 bits per heavy atom. The number of ether oxygens (including phenoxy) is 2. The molecule has 1 saturated heterocycles. The Bertz CT molecular complexity index is 1600. The van der Waals surface area contributed by atoms with Crippen LogP contribution in [0.4, 0.5) is 0 Å². The summed E-state index contributed by atoms with van der Waals surface area (Å²) >= 11 is 0. The van der Waals surface area contributed by atoms with Crippen molar-refractivity contribution in [3.8, 4) is 22.5 Å². The Balaban J connectivity index is 1.21. The molecule has 6 rings (SSSR count). The van der Waals surface area contributed by atoms with E-state index in [1.54, 1.807) is 0 Å². The van der Waals surface area contributed by atoms with Crippen molar-refractivity contribution in [2.45, 2.75) is 65.8 Å². The van der Waals surface area contributed by atoms with E-state index in [0.717, 1.165) is 59.8 Å². The van der Waals surface area contributed by atoms with Gasteiger partial charge in [0.05, 0.1) is 30.3 Å². The number of hydrogen-bond donors (Lipinski definition) is 0. The van der Waals surface area contributed by atoms with Crippen molar-refractivity contribution in [2.24, 2.45) is 5.41 Å². The third kappa shape index (κ3) is 6.82. The molecular weight excluding hydrogens is 532 g/mol. The second-order valence-corrected chi connectivity index (χ2v) is 12.2. The van der Waals surface area contributed by atoms with Crippen LogP contribution in [-0.4, -0.2) is 32.5 Å². The minimum atomic E-state index is -0.525. The number of nitrogens with zero attached hydrogens (tertiary/aromatic N) is 4. The van der Waals surface area contributed by atoms with Crippen LogP contribution in [0, 0.1) is 19.3 Å². The largest absolute Gasteiger partial charge is 0.345 e. The first-order valence-corrected chi connectivity index (χ1v) is 15.5. The monoisotopic (exact) mass is 574 g/mol. The fourth-order valence-electron chi connectivity index (χ4n) is 6.09. The van der Waals surface area contributed by atoms with E-state index >= 15 is 0 Å². The Kier molecular flexibility index (Phi) is 8.87. The van der Waals surface area contributed by atoms with Crippen molar-refractivity contribution in [2.75, 3.05) is 13.2 Å². The summed E-state index contributed by atoms with van der Waals surface area (Å²) in [7, 11) is 0. The van der Waals surface area contributed by atoms with Gasteiger partial charge in [-0.05, 0) is 38.3 Å². The van der Waals surface area contributed by atoms with Crippen molar-refractivity contribution < 1.29 is 9.47 Å². The number of aryl methyl sites for hydroxylation is 3. The lowest BCUT2D eigenvalue weighted by molar-refractivity contribution is -0.236. The lowest BCUT2D eigenvalue weighted by Crippen LogP contribution is -2.37. The van der Waals surface area contributed by atoms with Crippen molar-refractivity contribution in [1.82, 2.24) is 19.3 Å². The van der Waals surface area contributed by atoms with Crippen LogP contribution in [0.5, 0.6) is 0 Å². The van der Waals surface area contributed by atoms with E-state index in [0.29, 0.717) is 19.8 Å². The predicted octanol–water partition coefficient (Wildman–Crippen LogP) is 8.39. The number of unbranched alkanes of at least 4 members (excludes halogenated alkanes) is 2. The fourth-order valence-corrected chi connectivity index (χ4v) is 6.09. The molecule has 222 valence electrons. The minimum Gasteiger partial charge on any atom is -0.345 e. The second kappa shape index (κ2) is 13.1. The zero-order chi connectivity index (χ0) is 29.6. The third-order valence-electron chi connectivity index (χ3n) is 8.41. The average molecular weight is 575 g/mol. The highest BCUT2D eigenvalue weighted by Gasteiger charge is 2.36. The van der Waals surface area contributed by atoms with Crippen molar-refractivity contribution in [3.05, 3.63) is 120 Å². The van der Waals surface area contributed by atoms with E-state index in [9.17, 15) is 0 Å². The molecule has 0 N–H and O–H groups in total. The van der Waals surface area contributed by atoms with E-state index in [1.807, 2.05) is 6.07 Å². The normalized spacial score (nSPS) is 18.6. The van der Waals surface area contributed by atoms with E-state index in [2.05, 4.69) is 126 Å². The zero-order valence-electron chi connectivity index (χ0n) is 25.6. The molecule has 0 atom stereocenters. The van der Waals surface area contributed by atoms with Gasteiger partial charge in [0.15, 0.2) is 5.82 Å². The van der Waals surface area contributed by atoms with Gasteiger partial charge in [0.25, 0.3) is 0 Å². The molecule has 1 aliphatic rings. The summed E-state index contributed by atoms with van der Waals surface area (Å²) in [6.45, 7) is 9.42. The number of imidazole rings is 1. The molecule has 0 amide bonds. The lowest BCUT2D eigenvalue weighted by atomic mass is 9.86. The van der Waals surface area contributed by atoms with Gasteiger partial charge in [-0.3, -0.25) is 4.68 Å². The molecule has 0 bridgehead atoms. The SMILES string of the molecule is Cc1cc(C)n(CCCCC[C@]2(C)CO[C@H](c3nc(-c4ccccc4)c(-c4ccccc4)n3Cc3ccccc3)OC2)n1. The van der Waals surface area contributed by atoms with Gasteiger partial charge in [0.2, 0.25) is 6.29 Å². The topological polar surface area (TPSA) is 54.1 Å². The maximum Gasteiger partial charge on any atom is 0.217 e. The Hall–Kier alpha value is -4.00. The smallest absolute Gasteiger partial charge is 0.217 e. The number of hydrogen-bond acceptors (Lipinski definition) is 4. The average Bonchev–Trinajstić information content (AvgIpc) is 3.57. The van der Waals surface area contributed by atoms with Crippen molar-refractivity contribution in [1.29, 1.82) is 0 Å². The summed E-state index contributed by atoms with van der Waals surface area (Å²) in [5, 5.41) is 4.60. The van der Waals surface area contributed by atoms with Crippen LogP contribution in [-0.2, 0) is 22.6 Å². The quantitative estimate of drug-likeness (QED) is 0.149. The van der Waals surface area contributed by atoms with Gasteiger partial charge in [0.1, 0.15) is 0 Å². The molecule has 0 radical (unpaired) electrons. The van der Waals surface area contributed by atoms with Crippen molar-refractivity contribution >= 4 is 0 Å². The van der Waals surface area contributed by atoms with Gasteiger partial charge < -0.3 is 14.0 Å². The van der Waals surface area contributed by atoms with E-state index in [-0.39, 0.29) is 5.41 Å². The van der Waals surface area contributed by atoms with Gasteiger partial charge >= 0.3 is 0 Å². The molecule has 3 heterocycles. The highest BCUT2D eigenvalue weighted by atomic mass is 16.7. The highest BCUT2D eigenvalue weighted by molar-refractivity contribution is 5.79.